The van der Waals surface area contributed by atoms with Crippen molar-refractivity contribution in [3.8, 4) is 27.7 Å². The zero-order valence-electron chi connectivity index (χ0n) is 19.9. The van der Waals surface area contributed by atoms with E-state index in [0.717, 1.165) is 43.3 Å². The molecule has 0 spiro atoms. The summed E-state index contributed by atoms with van der Waals surface area (Å²) in [4.78, 5) is 22.6. The van der Waals surface area contributed by atoms with Gasteiger partial charge in [-0.05, 0) is 54.7 Å². The number of aromatic hydroxyl groups is 1. The summed E-state index contributed by atoms with van der Waals surface area (Å²) in [6.45, 7) is 8.29. The first kappa shape index (κ1) is 24.7. The lowest BCUT2D eigenvalue weighted by Gasteiger charge is -2.26. The van der Waals surface area contributed by atoms with Crippen LogP contribution in [0.3, 0.4) is 0 Å². The highest BCUT2D eigenvalue weighted by Crippen LogP contribution is 2.39. The quantitative estimate of drug-likeness (QED) is 0.442. The number of carbonyl (C=O) groups is 1. The molecule has 0 radical (unpaired) electrons. The van der Waals surface area contributed by atoms with E-state index in [4.69, 9.17) is 14.2 Å². The second kappa shape index (κ2) is 11.4. The number of morpholine rings is 1. The van der Waals surface area contributed by atoms with Crippen molar-refractivity contribution in [2.75, 3.05) is 58.5 Å². The number of phenolic OH excluding ortho intramolecular Hbond substituents is 1. The van der Waals surface area contributed by atoms with E-state index < -0.39 is 0 Å². The van der Waals surface area contributed by atoms with E-state index in [9.17, 15) is 9.90 Å². The fourth-order valence-corrected chi connectivity index (χ4v) is 4.88. The Labute approximate surface area is 209 Å². The Balaban J connectivity index is 1.48. The summed E-state index contributed by atoms with van der Waals surface area (Å²) >= 11 is 1.34. The fourth-order valence-electron chi connectivity index (χ4n) is 3.78. The van der Waals surface area contributed by atoms with Crippen molar-refractivity contribution in [1.29, 1.82) is 0 Å². The first-order valence-electron chi connectivity index (χ1n) is 11.3. The van der Waals surface area contributed by atoms with Crippen LogP contribution in [0.25, 0.3) is 10.4 Å². The van der Waals surface area contributed by atoms with Crippen LogP contribution in [0.1, 0.15) is 9.67 Å². The van der Waals surface area contributed by atoms with Gasteiger partial charge < -0.3 is 24.2 Å². The Bertz CT molecular complexity index is 1170. The minimum atomic E-state index is -0.203. The molecule has 35 heavy (non-hydrogen) atoms. The number of methoxy groups -OCH3 is 1. The molecule has 1 aliphatic heterocycles. The Morgan fingerprint density at radius 2 is 1.91 bits per heavy atom. The van der Waals surface area contributed by atoms with Gasteiger partial charge in [0, 0.05) is 43.3 Å². The average Bonchev–Trinajstić information content (AvgIpc) is 3.33. The summed E-state index contributed by atoms with van der Waals surface area (Å²) < 4.78 is 16.9. The third-order valence-electron chi connectivity index (χ3n) is 5.84. The average molecular weight is 496 g/mol. The molecule has 8 nitrogen and oxygen atoms in total. The lowest BCUT2D eigenvalue weighted by molar-refractivity contribution is 0.0321. The van der Waals surface area contributed by atoms with Crippen molar-refractivity contribution in [2.45, 2.75) is 0 Å². The summed E-state index contributed by atoms with van der Waals surface area (Å²) in [6, 6.07) is 14.1. The number of amides is 1. The normalized spacial score (nSPS) is 13.9. The molecule has 9 heteroatoms. The van der Waals surface area contributed by atoms with E-state index in [1.807, 2.05) is 18.2 Å². The maximum Gasteiger partial charge on any atom is 0.270 e. The zero-order valence-corrected chi connectivity index (χ0v) is 20.7. The number of aliphatic imine (C=N–C) groups is 1. The minimum absolute atomic E-state index is 0.186. The van der Waals surface area contributed by atoms with Crippen LogP contribution in [-0.2, 0) is 4.74 Å². The van der Waals surface area contributed by atoms with Gasteiger partial charge in [0.05, 0.1) is 26.0 Å². The molecule has 1 aliphatic rings. The molecule has 0 saturated carbocycles. The smallest absolute Gasteiger partial charge is 0.270 e. The van der Waals surface area contributed by atoms with Gasteiger partial charge >= 0.3 is 0 Å². The third kappa shape index (κ3) is 5.82. The van der Waals surface area contributed by atoms with Gasteiger partial charge in [-0.1, -0.05) is 0 Å². The molecule has 1 aromatic heterocycles. The number of ether oxygens (including phenoxy) is 3. The Kier molecular flexibility index (Phi) is 8.02. The number of thiophene rings is 1. The molecule has 0 unspecified atom stereocenters. The van der Waals surface area contributed by atoms with E-state index in [2.05, 4.69) is 16.6 Å². The van der Waals surface area contributed by atoms with Gasteiger partial charge in [0.15, 0.2) is 11.5 Å². The monoisotopic (exact) mass is 495 g/mol. The highest BCUT2D eigenvalue weighted by atomic mass is 32.1. The number of phenols is 1. The van der Waals surface area contributed by atoms with Gasteiger partial charge in [-0.3, -0.25) is 14.7 Å². The zero-order chi connectivity index (χ0) is 24.8. The lowest BCUT2D eigenvalue weighted by atomic mass is 10.2. The molecule has 2 heterocycles. The van der Waals surface area contributed by atoms with E-state index in [-0.39, 0.29) is 11.7 Å². The molecule has 2 aromatic carbocycles. The second-order valence-electron chi connectivity index (χ2n) is 8.03. The number of carbonyl (C=O) groups excluding carboxylic acids is 1. The van der Waals surface area contributed by atoms with Crippen LogP contribution in [0, 0.1) is 0 Å². The highest BCUT2D eigenvalue weighted by molar-refractivity contribution is 7.18. The molecule has 1 amide bonds. The minimum Gasteiger partial charge on any atom is -0.508 e. The Morgan fingerprint density at radius 3 is 2.60 bits per heavy atom. The Morgan fingerprint density at radius 1 is 1.17 bits per heavy atom. The maximum atomic E-state index is 13.4. The molecule has 0 bridgehead atoms. The Hall–Kier alpha value is -3.40. The topological polar surface area (TPSA) is 83.8 Å². The first-order chi connectivity index (χ1) is 17.0. The summed E-state index contributed by atoms with van der Waals surface area (Å²) in [5.74, 6) is 1.17. The SMILES string of the molecule is C=Nc1cc(-c2ccc(O)cc2)sc1C(=O)N(C)c1ccc(OCCN2CCOCC2)c(OC)c1. The van der Waals surface area contributed by atoms with Crippen LogP contribution in [-0.4, -0.2) is 76.2 Å². The number of rotatable bonds is 9. The molecule has 4 rings (SSSR count). The van der Waals surface area contributed by atoms with Crippen LogP contribution >= 0.6 is 11.3 Å². The molecule has 1 fully saturated rings. The van der Waals surface area contributed by atoms with E-state index in [1.165, 1.54) is 11.3 Å². The third-order valence-corrected chi connectivity index (χ3v) is 7.00. The second-order valence-corrected chi connectivity index (χ2v) is 9.08. The van der Waals surface area contributed by atoms with Crippen LogP contribution in [0.4, 0.5) is 11.4 Å². The number of hydrogen-bond acceptors (Lipinski definition) is 8. The van der Waals surface area contributed by atoms with Crippen LogP contribution in [0.5, 0.6) is 17.2 Å². The van der Waals surface area contributed by atoms with Gasteiger partial charge in [-0.25, -0.2) is 0 Å². The maximum absolute atomic E-state index is 13.4. The van der Waals surface area contributed by atoms with Crippen molar-refractivity contribution in [2.24, 2.45) is 4.99 Å². The highest BCUT2D eigenvalue weighted by Gasteiger charge is 2.22. The number of hydrogen-bond donors (Lipinski definition) is 1. The van der Waals surface area contributed by atoms with Crippen molar-refractivity contribution in [3.63, 3.8) is 0 Å². The van der Waals surface area contributed by atoms with Crippen molar-refractivity contribution in [1.82, 2.24) is 4.90 Å². The van der Waals surface area contributed by atoms with E-state index in [0.29, 0.717) is 34.4 Å². The summed E-state index contributed by atoms with van der Waals surface area (Å²) in [5, 5.41) is 9.55. The van der Waals surface area contributed by atoms with Crippen molar-refractivity contribution >= 4 is 35.3 Å². The lowest BCUT2D eigenvalue weighted by Crippen LogP contribution is -2.38. The van der Waals surface area contributed by atoms with Gasteiger partial charge in [-0.15, -0.1) is 11.3 Å². The van der Waals surface area contributed by atoms with Gasteiger partial charge in [0.25, 0.3) is 5.91 Å². The molecule has 1 saturated heterocycles. The van der Waals surface area contributed by atoms with Crippen LogP contribution in [0.2, 0.25) is 0 Å². The van der Waals surface area contributed by atoms with Gasteiger partial charge in [-0.2, -0.15) is 0 Å². The number of anilines is 1. The van der Waals surface area contributed by atoms with E-state index in [1.54, 1.807) is 49.4 Å². The summed E-state index contributed by atoms with van der Waals surface area (Å²) in [6.07, 6.45) is 0. The van der Waals surface area contributed by atoms with Gasteiger partial charge in [0.2, 0.25) is 0 Å². The molecule has 1 N–H and O–H groups in total. The first-order valence-corrected chi connectivity index (χ1v) is 12.1. The van der Waals surface area contributed by atoms with Crippen LogP contribution < -0.4 is 14.4 Å². The molecule has 184 valence electrons. The largest absolute Gasteiger partial charge is 0.508 e. The van der Waals surface area contributed by atoms with Crippen LogP contribution in [0.15, 0.2) is 53.5 Å². The predicted octanol–water partition coefficient (Wildman–Crippen LogP) is 4.45. The predicted molar refractivity (Wildman–Crippen MR) is 139 cm³/mol. The molecule has 3 aromatic rings. The van der Waals surface area contributed by atoms with Crippen molar-refractivity contribution < 1.29 is 24.1 Å². The van der Waals surface area contributed by atoms with E-state index >= 15 is 0 Å². The van der Waals surface area contributed by atoms with Gasteiger partial charge in [0.1, 0.15) is 17.2 Å². The number of nitrogens with zero attached hydrogens (tertiary/aromatic N) is 3. The molecule has 0 atom stereocenters. The summed E-state index contributed by atoms with van der Waals surface area (Å²) in [5.41, 5.74) is 2.08. The standard InChI is InChI=1S/C26H29N3O5S/c1-27-21-17-24(18-4-7-20(30)8-5-18)35-25(21)26(31)28(2)19-6-9-22(23(16-19)32-3)34-15-12-29-10-13-33-14-11-29/h4-9,16-17,30H,1,10-15H2,2-3H3. The summed E-state index contributed by atoms with van der Waals surface area (Å²) in [7, 11) is 3.29. The fraction of sp³-hybridized carbons (Fsp3) is 0.308. The molecular weight excluding hydrogens is 466 g/mol. The molecule has 0 aliphatic carbocycles. The molecular formula is C26H29N3O5S. The van der Waals surface area contributed by atoms with Crippen molar-refractivity contribution in [3.05, 3.63) is 53.4 Å². The number of benzene rings is 2.